The summed E-state index contributed by atoms with van der Waals surface area (Å²) < 4.78 is 62.7. The Morgan fingerprint density at radius 1 is 1.11 bits per heavy atom. The molecule has 6 rings (SSSR count). The zero-order chi connectivity index (χ0) is 25.4. The third kappa shape index (κ3) is 5.61. The Labute approximate surface area is 206 Å². The summed E-state index contributed by atoms with van der Waals surface area (Å²) in [6.45, 7) is 0. The van der Waals surface area contributed by atoms with E-state index in [0.717, 1.165) is 30.8 Å². The number of rotatable bonds is 6. The van der Waals surface area contributed by atoms with Crippen LogP contribution in [0.5, 0.6) is 0 Å². The van der Waals surface area contributed by atoms with Crippen LogP contribution in [0.4, 0.5) is 8.78 Å². The van der Waals surface area contributed by atoms with Crippen molar-refractivity contribution < 1.29 is 40.9 Å². The number of esters is 1. The highest BCUT2D eigenvalue weighted by Gasteiger charge is 2.60. The Kier molecular flexibility index (Phi) is 7.41. The van der Waals surface area contributed by atoms with Gasteiger partial charge in [-0.1, -0.05) is 30.3 Å². The lowest BCUT2D eigenvalue weighted by atomic mass is 9.53. The van der Waals surface area contributed by atoms with E-state index in [0.29, 0.717) is 24.4 Å². The predicted octanol–water partition coefficient (Wildman–Crippen LogP) is 2.98. The third-order valence-electron chi connectivity index (χ3n) is 7.37. The van der Waals surface area contributed by atoms with E-state index < -0.39 is 26.9 Å². The van der Waals surface area contributed by atoms with Crippen LogP contribution in [0.25, 0.3) is 0 Å². The first-order valence-corrected chi connectivity index (χ1v) is 14.7. The van der Waals surface area contributed by atoms with Gasteiger partial charge in [0.15, 0.2) is 10.1 Å². The molecule has 4 bridgehead atoms. The molecule has 192 valence electrons. The minimum Gasteiger partial charge on any atom is -0.743 e. The molecule has 0 N–H and O–H groups in total. The summed E-state index contributed by atoms with van der Waals surface area (Å²) in [6, 6.07) is 10.4. The van der Waals surface area contributed by atoms with Crippen molar-refractivity contribution in [3.63, 3.8) is 0 Å². The van der Waals surface area contributed by atoms with Crippen LogP contribution in [0.1, 0.15) is 50.5 Å². The second-order valence-electron chi connectivity index (χ2n) is 9.90. The number of ether oxygens (including phenoxy) is 1. The molecule has 1 heterocycles. The Hall–Kier alpha value is -1.85. The van der Waals surface area contributed by atoms with Crippen LogP contribution in [-0.4, -0.2) is 52.2 Å². The van der Waals surface area contributed by atoms with Crippen LogP contribution >= 0.6 is 0 Å². The zero-order valence-electron chi connectivity index (χ0n) is 19.1. The molecule has 4 saturated carbocycles. The monoisotopic (exact) mass is 530 g/mol. The van der Waals surface area contributed by atoms with E-state index in [4.69, 9.17) is 4.74 Å². The van der Waals surface area contributed by atoms with Crippen LogP contribution in [0, 0.1) is 17.8 Å². The summed E-state index contributed by atoms with van der Waals surface area (Å²) in [5, 5.41) is -4.58. The molecule has 5 aliphatic rings. The first-order chi connectivity index (χ1) is 16.4. The molecule has 1 aliphatic heterocycles. The molecule has 7 nitrogen and oxygen atoms in total. The molecule has 35 heavy (non-hydrogen) atoms. The van der Waals surface area contributed by atoms with E-state index in [1.54, 1.807) is 0 Å². The lowest BCUT2D eigenvalue weighted by molar-refractivity contribution is -0.201. The smallest absolute Gasteiger partial charge is 0.428 e. The number of ketones is 1. The number of halogens is 2. The lowest BCUT2D eigenvalue weighted by Crippen LogP contribution is -2.58. The highest BCUT2D eigenvalue weighted by atomic mass is 32.2. The largest absolute Gasteiger partial charge is 0.743 e. The van der Waals surface area contributed by atoms with Crippen LogP contribution in [0.3, 0.4) is 0 Å². The van der Waals surface area contributed by atoms with E-state index in [-0.39, 0.29) is 47.3 Å². The van der Waals surface area contributed by atoms with Crippen molar-refractivity contribution in [1.82, 2.24) is 0 Å². The van der Waals surface area contributed by atoms with Crippen LogP contribution in [-0.2, 0) is 46.6 Å². The number of hydrogen-bond acceptors (Lipinski definition) is 7. The average molecular weight is 531 g/mol. The summed E-state index contributed by atoms with van der Waals surface area (Å²) >= 11 is 0. The van der Waals surface area contributed by atoms with Gasteiger partial charge in [-0.05, 0) is 43.6 Å². The fraction of sp³-hybridized carbons (Fsp3) is 0.625. The Morgan fingerprint density at radius 2 is 1.74 bits per heavy atom. The van der Waals surface area contributed by atoms with Crippen molar-refractivity contribution in [2.75, 3.05) is 11.5 Å². The predicted molar refractivity (Wildman–Crippen MR) is 124 cm³/mol. The highest BCUT2D eigenvalue weighted by molar-refractivity contribution is 8.11. The Morgan fingerprint density at radius 3 is 2.29 bits per heavy atom. The Balaban J connectivity index is 0.000000179. The first kappa shape index (κ1) is 26.2. The van der Waals surface area contributed by atoms with E-state index in [1.165, 1.54) is 5.56 Å². The molecule has 0 radical (unpaired) electrons. The van der Waals surface area contributed by atoms with E-state index >= 15 is 0 Å². The van der Waals surface area contributed by atoms with Crippen molar-refractivity contribution in [3.05, 3.63) is 35.9 Å². The number of carbonyl (C=O) groups excluding carboxylic acids is 3. The third-order valence-corrected chi connectivity index (χ3v) is 10.5. The van der Waals surface area contributed by atoms with Gasteiger partial charge in [0.25, 0.3) is 0 Å². The van der Waals surface area contributed by atoms with Crippen molar-refractivity contribution in [3.8, 4) is 0 Å². The van der Waals surface area contributed by atoms with E-state index in [1.807, 2.05) is 6.07 Å². The maximum absolute atomic E-state index is 13.2. The molecule has 0 amide bonds. The van der Waals surface area contributed by atoms with Gasteiger partial charge in [-0.25, -0.2) is 18.0 Å². The van der Waals surface area contributed by atoms with E-state index in [9.17, 15) is 36.1 Å². The first-order valence-electron chi connectivity index (χ1n) is 11.7. The molecule has 4 aliphatic carbocycles. The number of hydrogen-bond donors (Lipinski definition) is 0. The fourth-order valence-corrected chi connectivity index (χ4v) is 8.22. The number of aryl methyl sites for hydroxylation is 1. The highest BCUT2D eigenvalue weighted by Crippen LogP contribution is 2.56. The molecule has 1 saturated heterocycles. The zero-order valence-corrected chi connectivity index (χ0v) is 20.8. The van der Waals surface area contributed by atoms with Gasteiger partial charge >= 0.3 is 16.3 Å². The van der Waals surface area contributed by atoms with Crippen LogP contribution in [0.2, 0.25) is 0 Å². The minimum absolute atomic E-state index is 0.0702. The van der Waals surface area contributed by atoms with Gasteiger partial charge in [0.2, 0.25) is 0 Å². The van der Waals surface area contributed by atoms with Gasteiger partial charge < -0.3 is 9.29 Å². The average Bonchev–Trinajstić information content (AvgIpc) is 3.20. The van der Waals surface area contributed by atoms with E-state index in [2.05, 4.69) is 24.3 Å². The van der Waals surface area contributed by atoms with Gasteiger partial charge in [0, 0.05) is 24.7 Å². The maximum Gasteiger partial charge on any atom is 0.428 e. The standard InChI is InChI=1S/C12H14F2O6S.C12H15OS/c13-12(14,21(17,18)19)10(16)20-11-3-6-1-7(4-11)9(15)8(2-6)5-11;13-12-7-4-9-14(12)10-8-11-5-2-1-3-6-11/h6-8H,1-5H2,(H,17,18,19);1-3,5-6H,4,7-10H2/q;+1/p-1. The Bertz CT molecular complexity index is 1070. The number of carbonyl (C=O) groups is 3. The lowest BCUT2D eigenvalue weighted by Gasteiger charge is -2.54. The summed E-state index contributed by atoms with van der Waals surface area (Å²) in [4.78, 5) is 34.8. The number of alkyl halides is 2. The molecule has 1 aromatic rings. The molecular formula is C24H28F2O7S2. The van der Waals surface area contributed by atoms with Gasteiger partial charge in [0.1, 0.15) is 22.9 Å². The molecule has 11 heteroatoms. The normalized spacial score (nSPS) is 31.7. The van der Waals surface area contributed by atoms with Crippen molar-refractivity contribution in [2.45, 2.75) is 62.2 Å². The molecule has 0 aromatic heterocycles. The molecule has 3 unspecified atom stereocenters. The number of Topliss-reactive ketones (excluding diaryl/α,β-unsaturated/α-hetero) is 1. The summed E-state index contributed by atoms with van der Waals surface area (Å²) in [5.74, 6) is -0.560. The molecule has 1 aromatic carbocycles. The van der Waals surface area contributed by atoms with Crippen molar-refractivity contribution in [1.29, 1.82) is 0 Å². The summed E-state index contributed by atoms with van der Waals surface area (Å²) in [7, 11) is -6.03. The second-order valence-corrected chi connectivity index (χ2v) is 13.6. The molecule has 0 spiro atoms. The maximum atomic E-state index is 13.2. The van der Waals surface area contributed by atoms with Gasteiger partial charge in [-0.2, -0.15) is 8.78 Å². The SMILES string of the molecule is O=C1C2CC3CC1CC(OC(=O)C(F)(F)S(=O)(=O)[O-])(C3)C2.O=C1CCC[S+]1CCc1ccccc1. The van der Waals surface area contributed by atoms with Gasteiger partial charge in [0.05, 0.1) is 17.3 Å². The fourth-order valence-electron chi connectivity index (χ4n) is 5.91. The topological polar surface area (TPSA) is 118 Å². The van der Waals surface area contributed by atoms with Gasteiger partial charge in [-0.15, -0.1) is 0 Å². The van der Waals surface area contributed by atoms with Gasteiger partial charge in [-0.3, -0.25) is 4.79 Å². The quantitative estimate of drug-likeness (QED) is 0.315. The summed E-state index contributed by atoms with van der Waals surface area (Å²) in [5.41, 5.74) is 0.134. The second kappa shape index (κ2) is 9.89. The molecule has 5 fully saturated rings. The van der Waals surface area contributed by atoms with Crippen LogP contribution in [0.15, 0.2) is 30.3 Å². The molecule has 3 atom stereocenters. The van der Waals surface area contributed by atoms with Crippen molar-refractivity contribution >= 4 is 37.9 Å². The summed E-state index contributed by atoms with van der Waals surface area (Å²) in [6.07, 6.45) is 4.95. The van der Waals surface area contributed by atoms with Crippen molar-refractivity contribution in [2.24, 2.45) is 17.8 Å². The minimum atomic E-state index is -6.12. The number of benzene rings is 1. The molecular weight excluding hydrogens is 502 g/mol. The van der Waals surface area contributed by atoms with Crippen LogP contribution < -0.4 is 0 Å².